The van der Waals surface area contributed by atoms with Gasteiger partial charge in [-0.25, -0.2) is 4.39 Å². The number of hydrogen-bond donors (Lipinski definition) is 3. The van der Waals surface area contributed by atoms with Crippen LogP contribution in [0.25, 0.3) is 6.08 Å². The van der Waals surface area contributed by atoms with Crippen LogP contribution in [0.1, 0.15) is 15.9 Å². The summed E-state index contributed by atoms with van der Waals surface area (Å²) in [6.07, 6.45) is 1.62. The highest BCUT2D eigenvalue weighted by atomic mass is 32.2. The van der Waals surface area contributed by atoms with Crippen LogP contribution in [0, 0.1) is 5.82 Å². The molecule has 0 spiro atoms. The third kappa shape index (κ3) is 7.89. The Balaban J connectivity index is 1.40. The molecule has 1 heterocycles. The number of rotatable bonds is 9. The molecule has 0 radical (unpaired) electrons. The first-order chi connectivity index (χ1) is 18.0. The summed E-state index contributed by atoms with van der Waals surface area (Å²) in [5.41, 5.74) is 2.35. The van der Waals surface area contributed by atoms with Crippen molar-refractivity contribution in [2.24, 2.45) is 0 Å². The van der Waals surface area contributed by atoms with Gasteiger partial charge in [0.2, 0.25) is 5.91 Å². The second kappa shape index (κ2) is 12.7. The lowest BCUT2D eigenvalue weighted by atomic mass is 10.2. The van der Waals surface area contributed by atoms with Gasteiger partial charge in [0.25, 0.3) is 11.8 Å². The normalized spacial score (nSPS) is 11.0. The zero-order chi connectivity index (χ0) is 26.0. The van der Waals surface area contributed by atoms with E-state index in [9.17, 15) is 18.8 Å². The summed E-state index contributed by atoms with van der Waals surface area (Å²) in [4.78, 5) is 38.8. The van der Waals surface area contributed by atoms with E-state index in [1.807, 2.05) is 29.0 Å². The lowest BCUT2D eigenvalue weighted by molar-refractivity contribution is -0.114. The second-order valence-electron chi connectivity index (χ2n) is 7.76. The highest BCUT2D eigenvalue weighted by Gasteiger charge is 2.15. The van der Waals surface area contributed by atoms with Crippen LogP contribution >= 0.6 is 23.1 Å². The van der Waals surface area contributed by atoms with Crippen LogP contribution in [0.5, 0.6) is 0 Å². The molecular formula is C28H22FN3O3S2. The first-order valence-electron chi connectivity index (χ1n) is 11.2. The van der Waals surface area contributed by atoms with Crippen LogP contribution in [0.2, 0.25) is 0 Å². The third-order valence-corrected chi connectivity index (χ3v) is 6.67. The molecule has 9 heteroatoms. The fourth-order valence-corrected chi connectivity index (χ4v) is 4.58. The molecule has 4 rings (SSSR count). The van der Waals surface area contributed by atoms with E-state index in [1.54, 1.807) is 48.5 Å². The van der Waals surface area contributed by atoms with Gasteiger partial charge >= 0.3 is 0 Å². The van der Waals surface area contributed by atoms with E-state index in [0.29, 0.717) is 16.9 Å². The molecule has 0 bridgehead atoms. The zero-order valence-electron chi connectivity index (χ0n) is 19.4. The smallest absolute Gasteiger partial charge is 0.272 e. The van der Waals surface area contributed by atoms with E-state index in [-0.39, 0.29) is 23.2 Å². The van der Waals surface area contributed by atoms with Gasteiger partial charge in [0.05, 0.1) is 5.75 Å². The number of carbonyl (C=O) groups excluding carboxylic acids is 3. The molecule has 6 nitrogen and oxygen atoms in total. The summed E-state index contributed by atoms with van der Waals surface area (Å²) < 4.78 is 13.0. The minimum absolute atomic E-state index is 0.101. The number of thioether (sulfide) groups is 1. The molecule has 0 saturated carbocycles. The fourth-order valence-electron chi connectivity index (χ4n) is 3.21. The molecule has 4 aromatic rings. The molecular weight excluding hydrogens is 509 g/mol. The van der Waals surface area contributed by atoms with Crippen molar-refractivity contribution in [1.29, 1.82) is 0 Å². The van der Waals surface area contributed by atoms with Gasteiger partial charge in [0.15, 0.2) is 0 Å². The molecule has 0 aliphatic carbocycles. The monoisotopic (exact) mass is 531 g/mol. The Labute approximate surface area is 221 Å². The Morgan fingerprint density at radius 1 is 0.865 bits per heavy atom. The average molecular weight is 532 g/mol. The number of nitrogens with one attached hydrogen (secondary N) is 3. The first-order valence-corrected chi connectivity index (χ1v) is 13.1. The van der Waals surface area contributed by atoms with Crippen molar-refractivity contribution in [1.82, 2.24) is 5.32 Å². The van der Waals surface area contributed by atoms with Crippen molar-refractivity contribution in [3.05, 3.63) is 118 Å². The van der Waals surface area contributed by atoms with Gasteiger partial charge in [-0.3, -0.25) is 14.4 Å². The number of benzene rings is 3. The standard InChI is InChI=1S/C28H22FN3O3S2/c29-21-9-11-22(12-10-21)30-26(33)18-37-24-8-4-7-23(16-24)31-28(35)25(15-19-13-14-36-17-19)32-27(34)20-5-2-1-3-6-20/h1-17H,18H2,(H,30,33)(H,31,35)(H,32,34)/b25-15-. The molecule has 186 valence electrons. The molecule has 3 amide bonds. The van der Waals surface area contributed by atoms with Gasteiger partial charge in [-0.05, 0) is 83.1 Å². The van der Waals surface area contributed by atoms with E-state index in [1.165, 1.54) is 47.4 Å². The molecule has 1 aromatic heterocycles. The van der Waals surface area contributed by atoms with Gasteiger partial charge in [0, 0.05) is 21.8 Å². The van der Waals surface area contributed by atoms with Crippen molar-refractivity contribution in [3.8, 4) is 0 Å². The molecule has 37 heavy (non-hydrogen) atoms. The summed E-state index contributed by atoms with van der Waals surface area (Å²) in [5, 5.41) is 12.0. The Hall–Kier alpha value is -4.21. The number of carbonyl (C=O) groups is 3. The quantitative estimate of drug-likeness (QED) is 0.182. The molecule has 0 aliphatic heterocycles. The topological polar surface area (TPSA) is 87.3 Å². The summed E-state index contributed by atoms with van der Waals surface area (Å²) in [6.45, 7) is 0. The predicted octanol–water partition coefficient (Wildman–Crippen LogP) is 6.03. The van der Waals surface area contributed by atoms with Crippen molar-refractivity contribution in [3.63, 3.8) is 0 Å². The Morgan fingerprint density at radius 2 is 1.65 bits per heavy atom. The van der Waals surface area contributed by atoms with Crippen LogP contribution in [-0.2, 0) is 9.59 Å². The summed E-state index contributed by atoms with van der Waals surface area (Å²) in [7, 11) is 0. The Kier molecular flexibility index (Phi) is 8.85. The summed E-state index contributed by atoms with van der Waals surface area (Å²) >= 11 is 2.77. The zero-order valence-corrected chi connectivity index (χ0v) is 21.1. The molecule has 0 atom stereocenters. The lowest BCUT2D eigenvalue weighted by Gasteiger charge is -2.12. The molecule has 0 aliphatic rings. The van der Waals surface area contributed by atoms with Crippen LogP contribution < -0.4 is 16.0 Å². The Bertz CT molecular complexity index is 1410. The van der Waals surface area contributed by atoms with Crippen molar-refractivity contribution in [2.75, 3.05) is 16.4 Å². The van der Waals surface area contributed by atoms with Gasteiger partial charge < -0.3 is 16.0 Å². The lowest BCUT2D eigenvalue weighted by Crippen LogP contribution is -2.30. The third-order valence-electron chi connectivity index (χ3n) is 4.97. The fraction of sp³-hybridized carbons (Fsp3) is 0.0357. The Morgan fingerprint density at radius 3 is 2.38 bits per heavy atom. The molecule has 0 fully saturated rings. The largest absolute Gasteiger partial charge is 0.325 e. The maximum Gasteiger partial charge on any atom is 0.272 e. The molecule has 3 aromatic carbocycles. The van der Waals surface area contributed by atoms with E-state index < -0.39 is 11.8 Å². The van der Waals surface area contributed by atoms with E-state index in [2.05, 4.69) is 16.0 Å². The number of anilines is 2. The predicted molar refractivity (Wildman–Crippen MR) is 147 cm³/mol. The summed E-state index contributed by atoms with van der Waals surface area (Å²) in [5.74, 6) is -1.36. The van der Waals surface area contributed by atoms with Gasteiger partial charge in [-0.15, -0.1) is 11.8 Å². The van der Waals surface area contributed by atoms with Gasteiger partial charge in [-0.2, -0.15) is 11.3 Å². The van der Waals surface area contributed by atoms with Gasteiger partial charge in [-0.1, -0.05) is 24.3 Å². The molecule has 0 unspecified atom stereocenters. The highest BCUT2D eigenvalue weighted by molar-refractivity contribution is 8.00. The van der Waals surface area contributed by atoms with Crippen LogP contribution in [0.4, 0.5) is 15.8 Å². The average Bonchev–Trinajstić information content (AvgIpc) is 3.42. The minimum Gasteiger partial charge on any atom is -0.325 e. The maximum absolute atomic E-state index is 13.1. The van der Waals surface area contributed by atoms with Crippen LogP contribution in [-0.4, -0.2) is 23.5 Å². The SMILES string of the molecule is O=C(CSc1cccc(NC(=O)/C(=C/c2ccsc2)NC(=O)c2ccccc2)c1)Nc1ccc(F)cc1. The van der Waals surface area contributed by atoms with E-state index in [4.69, 9.17) is 0 Å². The number of thiophene rings is 1. The van der Waals surface area contributed by atoms with Crippen molar-refractivity contribution < 1.29 is 18.8 Å². The summed E-state index contributed by atoms with van der Waals surface area (Å²) in [6, 6.07) is 23.1. The van der Waals surface area contributed by atoms with Gasteiger partial charge in [0.1, 0.15) is 11.5 Å². The number of halogens is 1. The van der Waals surface area contributed by atoms with Crippen LogP contribution in [0.15, 0.2) is 106 Å². The van der Waals surface area contributed by atoms with Crippen molar-refractivity contribution in [2.45, 2.75) is 4.90 Å². The minimum atomic E-state index is -0.480. The first kappa shape index (κ1) is 25.9. The molecule has 0 saturated heterocycles. The number of amides is 3. The highest BCUT2D eigenvalue weighted by Crippen LogP contribution is 2.23. The van der Waals surface area contributed by atoms with E-state index >= 15 is 0 Å². The maximum atomic E-state index is 13.1. The van der Waals surface area contributed by atoms with E-state index in [0.717, 1.165) is 10.5 Å². The second-order valence-corrected chi connectivity index (χ2v) is 9.59. The van der Waals surface area contributed by atoms with Crippen LogP contribution in [0.3, 0.4) is 0 Å². The number of hydrogen-bond acceptors (Lipinski definition) is 5. The molecule has 3 N–H and O–H groups in total. The van der Waals surface area contributed by atoms with Crippen molar-refractivity contribution >= 4 is 58.3 Å².